The van der Waals surface area contributed by atoms with E-state index in [9.17, 15) is 14.4 Å². The van der Waals surface area contributed by atoms with E-state index < -0.39 is 11.9 Å². The lowest BCUT2D eigenvalue weighted by Gasteiger charge is -2.04. The summed E-state index contributed by atoms with van der Waals surface area (Å²) in [7, 11) is 1.48. The Bertz CT molecular complexity index is 301. The molecule has 0 aliphatic heterocycles. The van der Waals surface area contributed by atoms with Crippen LogP contribution in [0.5, 0.6) is 0 Å². The number of urea groups is 1. The molecule has 0 atom stereocenters. The quantitative estimate of drug-likeness (QED) is 0.376. The summed E-state index contributed by atoms with van der Waals surface area (Å²) in [5.74, 6) is -1.27. The summed E-state index contributed by atoms with van der Waals surface area (Å²) in [5.41, 5.74) is 0. The molecule has 0 rings (SSSR count). The summed E-state index contributed by atoms with van der Waals surface area (Å²) < 4.78 is 9.25. The Hall–Kier alpha value is -2.05. The van der Waals surface area contributed by atoms with Gasteiger partial charge in [0.05, 0.1) is 13.2 Å². The number of rotatable bonds is 6. The Morgan fingerprint density at radius 3 is 2.24 bits per heavy atom. The maximum absolute atomic E-state index is 11.0. The average molecular weight is 244 g/mol. The van der Waals surface area contributed by atoms with Crippen molar-refractivity contribution in [3.05, 3.63) is 12.2 Å². The van der Waals surface area contributed by atoms with E-state index in [1.165, 1.54) is 7.05 Å². The monoisotopic (exact) mass is 244 g/mol. The van der Waals surface area contributed by atoms with Gasteiger partial charge in [0.1, 0.15) is 6.61 Å². The van der Waals surface area contributed by atoms with Gasteiger partial charge in [-0.25, -0.2) is 14.4 Å². The van der Waals surface area contributed by atoms with E-state index in [1.807, 2.05) is 0 Å². The van der Waals surface area contributed by atoms with E-state index in [2.05, 4.69) is 20.1 Å². The first-order chi connectivity index (χ1) is 8.10. The van der Waals surface area contributed by atoms with Crippen LogP contribution in [-0.4, -0.2) is 44.8 Å². The third kappa shape index (κ3) is 8.91. The number of esters is 2. The van der Waals surface area contributed by atoms with Gasteiger partial charge in [-0.05, 0) is 6.92 Å². The summed E-state index contributed by atoms with van der Waals surface area (Å²) >= 11 is 0. The molecule has 0 heterocycles. The van der Waals surface area contributed by atoms with Crippen molar-refractivity contribution in [1.29, 1.82) is 0 Å². The van der Waals surface area contributed by atoms with Gasteiger partial charge < -0.3 is 20.1 Å². The van der Waals surface area contributed by atoms with Crippen molar-refractivity contribution in [2.45, 2.75) is 6.92 Å². The molecule has 0 radical (unpaired) electrons. The number of hydrogen-bond acceptors (Lipinski definition) is 5. The second-order valence-electron chi connectivity index (χ2n) is 2.76. The van der Waals surface area contributed by atoms with Crippen molar-refractivity contribution in [3.63, 3.8) is 0 Å². The van der Waals surface area contributed by atoms with Crippen LogP contribution >= 0.6 is 0 Å². The third-order valence-electron chi connectivity index (χ3n) is 1.50. The zero-order chi connectivity index (χ0) is 13.1. The van der Waals surface area contributed by atoms with Crippen molar-refractivity contribution >= 4 is 18.0 Å². The minimum absolute atomic E-state index is 0.0272. The van der Waals surface area contributed by atoms with Crippen LogP contribution in [0.3, 0.4) is 0 Å². The summed E-state index contributed by atoms with van der Waals surface area (Å²) in [6, 6.07) is -0.358. The summed E-state index contributed by atoms with van der Waals surface area (Å²) in [6.45, 7) is 2.13. The normalized spacial score (nSPS) is 9.76. The molecule has 96 valence electrons. The van der Waals surface area contributed by atoms with Crippen LogP contribution in [0.1, 0.15) is 6.92 Å². The van der Waals surface area contributed by atoms with E-state index in [-0.39, 0.29) is 25.8 Å². The molecule has 0 saturated carbocycles. The lowest BCUT2D eigenvalue weighted by atomic mass is 10.5. The highest BCUT2D eigenvalue weighted by atomic mass is 16.5. The Morgan fingerprint density at radius 1 is 1.12 bits per heavy atom. The summed E-state index contributed by atoms with van der Waals surface area (Å²) in [4.78, 5) is 32.5. The van der Waals surface area contributed by atoms with Crippen molar-refractivity contribution < 1.29 is 23.9 Å². The smallest absolute Gasteiger partial charge is 0.331 e. The largest absolute Gasteiger partial charge is 0.463 e. The summed E-state index contributed by atoms with van der Waals surface area (Å²) in [6.07, 6.45) is 1.95. The van der Waals surface area contributed by atoms with Crippen molar-refractivity contribution in [2.75, 3.05) is 26.8 Å². The number of carbonyl (C=O) groups excluding carboxylic acids is 3. The number of nitrogens with one attached hydrogen (secondary N) is 2. The molecule has 0 fully saturated rings. The standard InChI is InChI=1S/C10H16N2O5/c1-3-16-8(13)4-5-9(14)17-7-6-12-10(15)11-2/h4-5H,3,6-7H2,1-2H3,(H2,11,12,15)/b5-4+. The molecule has 7 heteroatoms. The van der Waals surface area contributed by atoms with Crippen molar-refractivity contribution in [1.82, 2.24) is 10.6 Å². The fourth-order valence-electron chi connectivity index (χ4n) is 0.779. The SMILES string of the molecule is CCOC(=O)/C=C/C(=O)OCCNC(=O)NC. The van der Waals surface area contributed by atoms with Gasteiger partial charge >= 0.3 is 18.0 Å². The average Bonchev–Trinajstić information content (AvgIpc) is 2.32. The first-order valence-corrected chi connectivity index (χ1v) is 5.07. The minimum atomic E-state index is -0.670. The van der Waals surface area contributed by atoms with Crippen LogP contribution < -0.4 is 10.6 Å². The van der Waals surface area contributed by atoms with Crippen LogP contribution in [0.2, 0.25) is 0 Å². The molecule has 0 aromatic carbocycles. The van der Waals surface area contributed by atoms with E-state index in [0.717, 1.165) is 12.2 Å². The number of ether oxygens (including phenoxy) is 2. The fourth-order valence-corrected chi connectivity index (χ4v) is 0.779. The maximum atomic E-state index is 11.0. The molecule has 0 unspecified atom stereocenters. The molecule has 0 aliphatic carbocycles. The molecule has 2 amide bonds. The summed E-state index contributed by atoms with van der Waals surface area (Å²) in [5, 5.41) is 4.77. The van der Waals surface area contributed by atoms with Crippen molar-refractivity contribution in [2.24, 2.45) is 0 Å². The van der Waals surface area contributed by atoms with Crippen LogP contribution in [0.4, 0.5) is 4.79 Å². The second-order valence-corrected chi connectivity index (χ2v) is 2.76. The molecule has 0 aliphatic rings. The van der Waals surface area contributed by atoms with Crippen LogP contribution in [0.25, 0.3) is 0 Å². The lowest BCUT2D eigenvalue weighted by molar-refractivity contribution is -0.140. The van der Waals surface area contributed by atoms with Gasteiger partial charge in [-0.15, -0.1) is 0 Å². The molecule has 0 saturated heterocycles. The first kappa shape index (κ1) is 14.9. The molecular formula is C10H16N2O5. The molecule has 0 bridgehead atoms. The van der Waals surface area contributed by atoms with E-state index >= 15 is 0 Å². The highest BCUT2D eigenvalue weighted by molar-refractivity contribution is 5.91. The fraction of sp³-hybridized carbons (Fsp3) is 0.500. The molecule has 0 aromatic rings. The topological polar surface area (TPSA) is 93.7 Å². The Morgan fingerprint density at radius 2 is 1.71 bits per heavy atom. The highest BCUT2D eigenvalue weighted by Crippen LogP contribution is 1.85. The van der Waals surface area contributed by atoms with Gasteiger partial charge in [-0.1, -0.05) is 0 Å². The predicted molar refractivity (Wildman–Crippen MR) is 59.2 cm³/mol. The zero-order valence-electron chi connectivity index (χ0n) is 9.82. The van der Waals surface area contributed by atoms with Gasteiger partial charge in [-0.3, -0.25) is 0 Å². The number of hydrogen-bond donors (Lipinski definition) is 2. The van der Waals surface area contributed by atoms with E-state index in [0.29, 0.717) is 0 Å². The second kappa shape index (κ2) is 9.20. The first-order valence-electron chi connectivity index (χ1n) is 5.07. The van der Waals surface area contributed by atoms with Crippen LogP contribution in [0.15, 0.2) is 12.2 Å². The molecule has 17 heavy (non-hydrogen) atoms. The highest BCUT2D eigenvalue weighted by Gasteiger charge is 2.00. The molecule has 2 N–H and O–H groups in total. The van der Waals surface area contributed by atoms with Gasteiger partial charge in [0.25, 0.3) is 0 Å². The molecule has 0 spiro atoms. The van der Waals surface area contributed by atoms with Gasteiger partial charge in [-0.2, -0.15) is 0 Å². The molecular weight excluding hydrogens is 228 g/mol. The lowest BCUT2D eigenvalue weighted by Crippen LogP contribution is -2.35. The Kier molecular flexibility index (Phi) is 8.09. The minimum Gasteiger partial charge on any atom is -0.463 e. The molecule has 7 nitrogen and oxygen atoms in total. The Labute approximate surface area is 99.1 Å². The number of carbonyl (C=O) groups is 3. The number of amides is 2. The maximum Gasteiger partial charge on any atom is 0.331 e. The predicted octanol–water partition coefficient (Wildman–Crippen LogP) is -0.422. The van der Waals surface area contributed by atoms with Gasteiger partial charge in [0.15, 0.2) is 0 Å². The van der Waals surface area contributed by atoms with Gasteiger partial charge in [0.2, 0.25) is 0 Å². The van der Waals surface area contributed by atoms with Crippen molar-refractivity contribution in [3.8, 4) is 0 Å². The third-order valence-corrected chi connectivity index (χ3v) is 1.50. The Balaban J connectivity index is 3.66. The van der Waals surface area contributed by atoms with E-state index in [1.54, 1.807) is 6.92 Å². The van der Waals surface area contributed by atoms with E-state index in [4.69, 9.17) is 0 Å². The molecule has 0 aromatic heterocycles. The zero-order valence-corrected chi connectivity index (χ0v) is 9.82. The van der Waals surface area contributed by atoms with Crippen LogP contribution in [-0.2, 0) is 19.1 Å². The van der Waals surface area contributed by atoms with Gasteiger partial charge in [0, 0.05) is 19.2 Å². The van der Waals surface area contributed by atoms with Crippen LogP contribution in [0, 0.1) is 0 Å².